The van der Waals surface area contributed by atoms with Crippen molar-refractivity contribution in [1.29, 1.82) is 0 Å². The van der Waals surface area contributed by atoms with Crippen LogP contribution in [-0.2, 0) is 14.9 Å². The lowest BCUT2D eigenvalue weighted by molar-refractivity contribution is -0.126. The molecule has 6 nitrogen and oxygen atoms in total. The first-order valence-corrected chi connectivity index (χ1v) is 11.5. The van der Waals surface area contributed by atoms with Crippen molar-refractivity contribution in [2.45, 2.75) is 38.0 Å². The Kier molecular flexibility index (Phi) is 4.96. The van der Waals surface area contributed by atoms with E-state index in [9.17, 15) is 9.59 Å². The molecule has 33 heavy (non-hydrogen) atoms. The van der Waals surface area contributed by atoms with Crippen molar-refractivity contribution in [3.05, 3.63) is 63.4 Å². The number of esters is 1. The molecule has 0 N–H and O–H groups in total. The van der Waals surface area contributed by atoms with E-state index in [0.29, 0.717) is 44.4 Å². The average Bonchev–Trinajstić information content (AvgIpc) is 3.18. The fraction of sp³-hybridized carbons (Fsp3) is 0.360. The molecule has 170 valence electrons. The van der Waals surface area contributed by atoms with Gasteiger partial charge in [0.25, 0.3) is 0 Å². The number of amides is 1. The van der Waals surface area contributed by atoms with E-state index in [2.05, 4.69) is 13.8 Å². The molecule has 3 aromatic rings. The molecule has 1 aromatic heterocycles. The predicted molar refractivity (Wildman–Crippen MR) is 128 cm³/mol. The molecule has 2 aliphatic carbocycles. The van der Waals surface area contributed by atoms with Gasteiger partial charge in [-0.15, -0.1) is 0 Å². The van der Waals surface area contributed by atoms with Crippen molar-refractivity contribution in [3.8, 4) is 0 Å². The van der Waals surface area contributed by atoms with E-state index >= 15 is 0 Å². The number of nitrogens with zero attached hydrogens (tertiary/aromatic N) is 3. The maximum Gasteiger partial charge on any atom is 0.339 e. The minimum Gasteiger partial charge on any atom is -0.465 e. The van der Waals surface area contributed by atoms with Crippen molar-refractivity contribution in [2.75, 3.05) is 19.1 Å². The molecule has 2 aliphatic rings. The third-order valence-corrected chi connectivity index (χ3v) is 8.31. The number of para-hydroxylation sites is 1. The maximum absolute atomic E-state index is 14.3. The Labute approximate surface area is 201 Å². The first-order valence-electron chi connectivity index (χ1n) is 10.8. The van der Waals surface area contributed by atoms with E-state index in [0.717, 1.165) is 12.1 Å². The van der Waals surface area contributed by atoms with Gasteiger partial charge in [-0.25, -0.2) is 14.8 Å². The van der Waals surface area contributed by atoms with Crippen LogP contribution in [-0.4, -0.2) is 36.0 Å². The van der Waals surface area contributed by atoms with E-state index in [1.165, 1.54) is 7.11 Å². The van der Waals surface area contributed by atoms with E-state index in [-0.39, 0.29) is 11.8 Å². The lowest BCUT2D eigenvalue weighted by Crippen LogP contribution is -2.50. The number of methoxy groups -OCH3 is 1. The lowest BCUT2D eigenvalue weighted by atomic mass is 9.67. The van der Waals surface area contributed by atoms with Gasteiger partial charge in [0.05, 0.1) is 56.2 Å². The lowest BCUT2D eigenvalue weighted by Gasteiger charge is -2.39. The van der Waals surface area contributed by atoms with Gasteiger partial charge in [-0.05, 0) is 42.5 Å². The SMILES string of the molecule is COC(=O)c1ccccc1N(C)C(=O)C12CCC(c3nc4cc(Cl)c(Cl)cc4nc31)C2(C)C. The summed E-state index contributed by atoms with van der Waals surface area (Å²) in [5.74, 6) is -0.513. The molecule has 2 aromatic carbocycles. The highest BCUT2D eigenvalue weighted by Crippen LogP contribution is 2.67. The molecule has 2 atom stereocenters. The van der Waals surface area contributed by atoms with E-state index < -0.39 is 16.8 Å². The molecule has 5 rings (SSSR count). The molecule has 0 spiro atoms. The molecule has 1 fully saturated rings. The quantitative estimate of drug-likeness (QED) is 0.457. The number of hydrogen-bond donors (Lipinski definition) is 0. The number of halogens is 2. The molecule has 1 saturated carbocycles. The average molecular weight is 484 g/mol. The molecular formula is C25H23Cl2N3O3. The second-order valence-corrected chi connectivity index (χ2v) is 10.1. The van der Waals surface area contributed by atoms with Gasteiger partial charge < -0.3 is 9.64 Å². The maximum atomic E-state index is 14.3. The van der Waals surface area contributed by atoms with E-state index in [1.807, 2.05) is 0 Å². The highest BCUT2D eigenvalue weighted by atomic mass is 35.5. The summed E-state index contributed by atoms with van der Waals surface area (Å²) in [6.07, 6.45) is 1.49. The summed E-state index contributed by atoms with van der Waals surface area (Å²) in [7, 11) is 3.03. The Balaban J connectivity index is 1.69. The van der Waals surface area contributed by atoms with Crippen molar-refractivity contribution in [2.24, 2.45) is 5.41 Å². The summed E-state index contributed by atoms with van der Waals surface area (Å²) in [4.78, 5) is 38.0. The van der Waals surface area contributed by atoms with Crippen LogP contribution in [0.4, 0.5) is 5.69 Å². The van der Waals surface area contributed by atoms with Gasteiger partial charge in [0.15, 0.2) is 0 Å². The number of carbonyl (C=O) groups excluding carboxylic acids is 2. The second-order valence-electron chi connectivity index (χ2n) is 9.30. The van der Waals surface area contributed by atoms with Crippen LogP contribution in [0.2, 0.25) is 10.0 Å². The predicted octanol–water partition coefficient (Wildman–Crippen LogP) is 5.54. The number of anilines is 1. The Morgan fingerprint density at radius 3 is 2.39 bits per heavy atom. The molecule has 2 bridgehead atoms. The number of fused-ring (bicyclic) bond motifs is 6. The van der Waals surface area contributed by atoms with Crippen LogP contribution < -0.4 is 4.90 Å². The zero-order valence-corrected chi connectivity index (χ0v) is 20.3. The zero-order valence-electron chi connectivity index (χ0n) is 18.8. The van der Waals surface area contributed by atoms with E-state index in [1.54, 1.807) is 48.3 Å². The van der Waals surface area contributed by atoms with Gasteiger partial charge in [-0.2, -0.15) is 0 Å². The summed E-state index contributed by atoms with van der Waals surface area (Å²) < 4.78 is 4.94. The largest absolute Gasteiger partial charge is 0.465 e. The van der Waals surface area contributed by atoms with Crippen molar-refractivity contribution < 1.29 is 14.3 Å². The number of hydrogen-bond acceptors (Lipinski definition) is 5. The molecule has 2 unspecified atom stereocenters. The number of aromatic nitrogens is 2. The zero-order chi connectivity index (χ0) is 23.7. The fourth-order valence-corrected chi connectivity index (χ4v) is 6.11. The van der Waals surface area contributed by atoms with Crippen LogP contribution in [0.5, 0.6) is 0 Å². The summed E-state index contributed by atoms with van der Waals surface area (Å²) >= 11 is 12.5. The highest BCUT2D eigenvalue weighted by molar-refractivity contribution is 6.42. The van der Waals surface area contributed by atoms with Gasteiger partial charge in [0.1, 0.15) is 0 Å². The molecule has 8 heteroatoms. The molecular weight excluding hydrogens is 461 g/mol. The minimum absolute atomic E-state index is 0.0899. The molecule has 1 heterocycles. The van der Waals surface area contributed by atoms with Crippen LogP contribution in [0.1, 0.15) is 54.4 Å². The number of benzene rings is 2. The Hall–Kier alpha value is -2.70. The summed E-state index contributed by atoms with van der Waals surface area (Å²) in [6, 6.07) is 10.4. The van der Waals surface area contributed by atoms with Gasteiger partial charge >= 0.3 is 5.97 Å². The first kappa shape index (κ1) is 22.1. The van der Waals surface area contributed by atoms with Gasteiger partial charge in [-0.3, -0.25) is 4.79 Å². The van der Waals surface area contributed by atoms with Crippen molar-refractivity contribution >= 4 is 51.8 Å². The Bertz CT molecular complexity index is 1340. The number of rotatable bonds is 3. The first-order chi connectivity index (χ1) is 15.6. The van der Waals surface area contributed by atoms with E-state index in [4.69, 9.17) is 37.9 Å². The molecule has 0 saturated heterocycles. The topological polar surface area (TPSA) is 72.4 Å². The fourth-order valence-electron chi connectivity index (χ4n) is 5.79. The van der Waals surface area contributed by atoms with Gasteiger partial charge in [0.2, 0.25) is 5.91 Å². The van der Waals surface area contributed by atoms with Gasteiger partial charge in [0, 0.05) is 13.0 Å². The summed E-state index contributed by atoms with van der Waals surface area (Å²) in [5.41, 5.74) is 2.37. The van der Waals surface area contributed by atoms with Crippen LogP contribution in [0.15, 0.2) is 36.4 Å². The van der Waals surface area contributed by atoms with Crippen LogP contribution in [0.25, 0.3) is 11.0 Å². The number of ether oxygens (including phenoxy) is 1. The van der Waals surface area contributed by atoms with Crippen molar-refractivity contribution in [3.63, 3.8) is 0 Å². The van der Waals surface area contributed by atoms with Crippen LogP contribution >= 0.6 is 23.2 Å². The third-order valence-electron chi connectivity index (χ3n) is 7.59. The number of likely N-dealkylation sites (N-methyl/N-ethyl adjacent to an activating group) is 1. The molecule has 1 amide bonds. The highest BCUT2D eigenvalue weighted by Gasteiger charge is 2.68. The van der Waals surface area contributed by atoms with Crippen LogP contribution in [0.3, 0.4) is 0 Å². The molecule has 0 aliphatic heterocycles. The Morgan fingerprint density at radius 2 is 1.73 bits per heavy atom. The van der Waals surface area contributed by atoms with Crippen molar-refractivity contribution in [1.82, 2.24) is 9.97 Å². The Morgan fingerprint density at radius 1 is 1.09 bits per heavy atom. The summed E-state index contributed by atoms with van der Waals surface area (Å²) in [5, 5.41) is 0.816. The smallest absolute Gasteiger partial charge is 0.339 e. The summed E-state index contributed by atoms with van der Waals surface area (Å²) in [6.45, 7) is 4.22. The minimum atomic E-state index is -0.877. The molecule has 0 radical (unpaired) electrons. The number of carbonyl (C=O) groups is 2. The third kappa shape index (κ3) is 2.87. The normalized spacial score (nSPS) is 22.3. The second kappa shape index (κ2) is 7.40. The monoisotopic (exact) mass is 483 g/mol. The van der Waals surface area contributed by atoms with Crippen LogP contribution in [0, 0.1) is 5.41 Å². The standard InChI is InChI=1S/C25H23Cl2N3O3/c1-24(2)14-9-10-25(24,21-20(14)28-17-11-15(26)16(27)12-18(17)29-21)23(32)30(3)19-8-6-5-7-13(19)22(31)33-4/h5-8,11-12,14H,9-10H2,1-4H3. The van der Waals surface area contributed by atoms with Gasteiger partial charge in [-0.1, -0.05) is 49.2 Å².